The van der Waals surface area contributed by atoms with Crippen LogP contribution in [-0.4, -0.2) is 9.78 Å². The minimum atomic E-state index is -0.374. The van der Waals surface area contributed by atoms with E-state index in [-0.39, 0.29) is 11.9 Å². The summed E-state index contributed by atoms with van der Waals surface area (Å²) in [6, 6.07) is 4.50. The maximum Gasteiger partial charge on any atom is 0.137 e. The van der Waals surface area contributed by atoms with Crippen LogP contribution in [0, 0.1) is 5.82 Å². The first kappa shape index (κ1) is 13.2. The van der Waals surface area contributed by atoms with Crippen molar-refractivity contribution in [3.63, 3.8) is 0 Å². The van der Waals surface area contributed by atoms with Crippen LogP contribution in [0.3, 0.4) is 0 Å². The molecule has 1 unspecified atom stereocenters. The first-order chi connectivity index (χ1) is 8.63. The maximum absolute atomic E-state index is 13.5. The highest BCUT2D eigenvalue weighted by Crippen LogP contribution is 2.28. The molecule has 18 heavy (non-hydrogen) atoms. The summed E-state index contributed by atoms with van der Waals surface area (Å²) in [7, 11) is 0. The van der Waals surface area contributed by atoms with Crippen LogP contribution in [0.5, 0.6) is 0 Å². The molecule has 1 aromatic heterocycles. The smallest absolute Gasteiger partial charge is 0.137 e. The number of benzene rings is 1. The zero-order valence-corrected chi connectivity index (χ0v) is 11.7. The Balaban J connectivity index is 2.29. The van der Waals surface area contributed by atoms with Crippen LogP contribution in [0.1, 0.15) is 30.5 Å². The number of hydrogen-bond donors (Lipinski definition) is 1. The molecule has 1 heterocycles. The van der Waals surface area contributed by atoms with Crippen LogP contribution in [0.2, 0.25) is 0 Å². The van der Waals surface area contributed by atoms with E-state index in [0.717, 1.165) is 24.1 Å². The molecule has 1 aromatic carbocycles. The molecule has 0 saturated carbocycles. The third-order valence-corrected chi connectivity index (χ3v) is 3.62. The van der Waals surface area contributed by atoms with E-state index in [1.54, 1.807) is 12.3 Å². The van der Waals surface area contributed by atoms with Crippen molar-refractivity contribution < 1.29 is 4.39 Å². The highest BCUT2D eigenvalue weighted by Gasteiger charge is 2.16. The summed E-state index contributed by atoms with van der Waals surface area (Å²) in [6.45, 7) is 2.95. The first-order valence-electron chi connectivity index (χ1n) is 5.85. The van der Waals surface area contributed by atoms with E-state index in [1.165, 1.54) is 6.07 Å². The molecule has 0 aliphatic rings. The molecule has 5 heteroatoms. The standard InChI is InChI=1S/C13H15BrFN3/c1-2-6-18-8-9(7-17-18)13(16)10-4-3-5-11(15)12(10)14/h3-5,7-8,13H,2,6,16H2,1H3. The summed E-state index contributed by atoms with van der Waals surface area (Å²) < 4.78 is 15.7. The van der Waals surface area contributed by atoms with Crippen LogP contribution in [-0.2, 0) is 6.54 Å². The molecule has 2 aromatic rings. The van der Waals surface area contributed by atoms with Gasteiger partial charge in [0.2, 0.25) is 0 Å². The summed E-state index contributed by atoms with van der Waals surface area (Å²) in [5.41, 5.74) is 7.76. The average Bonchev–Trinajstić information content (AvgIpc) is 2.81. The van der Waals surface area contributed by atoms with Gasteiger partial charge in [-0.2, -0.15) is 5.10 Å². The third-order valence-electron chi connectivity index (χ3n) is 2.78. The van der Waals surface area contributed by atoms with Gasteiger partial charge in [-0.05, 0) is 34.0 Å². The van der Waals surface area contributed by atoms with Crippen molar-refractivity contribution in [3.8, 4) is 0 Å². The lowest BCUT2D eigenvalue weighted by Crippen LogP contribution is -2.12. The molecule has 0 amide bonds. The van der Waals surface area contributed by atoms with Gasteiger partial charge in [0.05, 0.1) is 16.7 Å². The van der Waals surface area contributed by atoms with Gasteiger partial charge in [-0.3, -0.25) is 4.68 Å². The lowest BCUT2D eigenvalue weighted by molar-refractivity contribution is 0.601. The number of halogens is 2. The quantitative estimate of drug-likeness (QED) is 0.942. The summed E-state index contributed by atoms with van der Waals surface area (Å²) in [5.74, 6) is -0.302. The van der Waals surface area contributed by atoms with Gasteiger partial charge in [0.1, 0.15) is 5.82 Å². The van der Waals surface area contributed by atoms with Crippen LogP contribution < -0.4 is 5.73 Å². The van der Waals surface area contributed by atoms with E-state index in [0.29, 0.717) is 4.47 Å². The molecular formula is C13H15BrFN3. The average molecular weight is 312 g/mol. The fraction of sp³-hybridized carbons (Fsp3) is 0.308. The molecule has 0 spiro atoms. The molecule has 0 saturated heterocycles. The molecular weight excluding hydrogens is 297 g/mol. The summed E-state index contributed by atoms with van der Waals surface area (Å²) >= 11 is 3.23. The van der Waals surface area contributed by atoms with Gasteiger partial charge in [0.25, 0.3) is 0 Å². The summed E-state index contributed by atoms with van der Waals surface area (Å²) in [5, 5.41) is 4.23. The molecule has 0 aliphatic heterocycles. The Morgan fingerprint density at radius 3 is 3.00 bits per heavy atom. The Morgan fingerprint density at radius 2 is 2.28 bits per heavy atom. The van der Waals surface area contributed by atoms with Gasteiger partial charge in [0, 0.05) is 18.3 Å². The first-order valence-corrected chi connectivity index (χ1v) is 6.64. The zero-order valence-electron chi connectivity index (χ0n) is 10.1. The Hall–Kier alpha value is -1.20. The molecule has 0 aliphatic carbocycles. The van der Waals surface area contributed by atoms with E-state index in [4.69, 9.17) is 5.73 Å². The van der Waals surface area contributed by atoms with Gasteiger partial charge in [0.15, 0.2) is 0 Å². The van der Waals surface area contributed by atoms with Crippen molar-refractivity contribution in [2.45, 2.75) is 25.9 Å². The number of nitrogens with zero attached hydrogens (tertiary/aromatic N) is 2. The van der Waals surface area contributed by atoms with Crippen molar-refractivity contribution in [3.05, 3.63) is 52.0 Å². The molecule has 2 N–H and O–H groups in total. The Kier molecular flexibility index (Phi) is 4.14. The molecule has 96 valence electrons. The highest BCUT2D eigenvalue weighted by atomic mass is 79.9. The summed E-state index contributed by atoms with van der Waals surface area (Å²) in [6.07, 6.45) is 4.66. The molecule has 1 atom stereocenters. The normalized spacial score (nSPS) is 12.7. The molecule has 0 radical (unpaired) electrons. The second kappa shape index (κ2) is 5.63. The van der Waals surface area contributed by atoms with E-state index < -0.39 is 0 Å². The molecule has 3 nitrogen and oxygen atoms in total. The fourth-order valence-corrected chi connectivity index (χ4v) is 2.34. The van der Waals surface area contributed by atoms with Gasteiger partial charge < -0.3 is 5.73 Å². The van der Waals surface area contributed by atoms with Crippen molar-refractivity contribution in [1.29, 1.82) is 0 Å². The second-order valence-electron chi connectivity index (χ2n) is 4.16. The van der Waals surface area contributed by atoms with E-state index in [9.17, 15) is 4.39 Å². The minimum Gasteiger partial charge on any atom is -0.320 e. The van der Waals surface area contributed by atoms with E-state index in [1.807, 2.05) is 16.9 Å². The van der Waals surface area contributed by atoms with Crippen LogP contribution in [0.25, 0.3) is 0 Å². The van der Waals surface area contributed by atoms with Crippen molar-refractivity contribution in [1.82, 2.24) is 9.78 Å². The number of aryl methyl sites for hydroxylation is 1. The van der Waals surface area contributed by atoms with Crippen molar-refractivity contribution >= 4 is 15.9 Å². The third kappa shape index (κ3) is 2.62. The van der Waals surface area contributed by atoms with Gasteiger partial charge in [-0.15, -0.1) is 0 Å². The summed E-state index contributed by atoms with van der Waals surface area (Å²) in [4.78, 5) is 0. The molecule has 0 bridgehead atoms. The van der Waals surface area contributed by atoms with Gasteiger partial charge in [-0.25, -0.2) is 4.39 Å². The predicted octanol–water partition coefficient (Wildman–Crippen LogP) is 3.24. The van der Waals surface area contributed by atoms with Crippen LogP contribution in [0.4, 0.5) is 4.39 Å². The predicted molar refractivity (Wildman–Crippen MR) is 72.6 cm³/mol. The number of hydrogen-bond acceptors (Lipinski definition) is 2. The minimum absolute atomic E-state index is 0.302. The van der Waals surface area contributed by atoms with Crippen molar-refractivity contribution in [2.75, 3.05) is 0 Å². The molecule has 0 fully saturated rings. The van der Waals surface area contributed by atoms with Gasteiger partial charge >= 0.3 is 0 Å². The second-order valence-corrected chi connectivity index (χ2v) is 4.95. The highest BCUT2D eigenvalue weighted by molar-refractivity contribution is 9.10. The zero-order chi connectivity index (χ0) is 13.1. The Labute approximate surface area is 114 Å². The van der Waals surface area contributed by atoms with E-state index >= 15 is 0 Å². The Morgan fingerprint density at radius 1 is 1.50 bits per heavy atom. The number of rotatable bonds is 4. The number of aromatic nitrogens is 2. The SMILES string of the molecule is CCCn1cc(C(N)c2cccc(F)c2Br)cn1. The van der Waals surface area contributed by atoms with E-state index in [2.05, 4.69) is 28.0 Å². The lowest BCUT2D eigenvalue weighted by atomic mass is 10.0. The fourth-order valence-electron chi connectivity index (χ4n) is 1.83. The lowest BCUT2D eigenvalue weighted by Gasteiger charge is -2.12. The largest absolute Gasteiger partial charge is 0.320 e. The Bertz CT molecular complexity index is 539. The van der Waals surface area contributed by atoms with Crippen LogP contribution in [0.15, 0.2) is 35.1 Å². The monoisotopic (exact) mass is 311 g/mol. The maximum atomic E-state index is 13.5. The number of nitrogens with two attached hydrogens (primary N) is 1. The molecule has 2 rings (SSSR count). The van der Waals surface area contributed by atoms with Crippen LogP contribution >= 0.6 is 15.9 Å². The van der Waals surface area contributed by atoms with Gasteiger partial charge in [-0.1, -0.05) is 19.1 Å². The topological polar surface area (TPSA) is 43.8 Å². The van der Waals surface area contributed by atoms with Crippen molar-refractivity contribution in [2.24, 2.45) is 5.73 Å².